The van der Waals surface area contributed by atoms with Crippen LogP contribution >= 0.6 is 0 Å². The molecule has 3 aromatic rings. The maximum Gasteiger partial charge on any atom is 0.294 e. The second kappa shape index (κ2) is 6.86. The Kier molecular flexibility index (Phi) is 4.19. The molecule has 0 radical (unpaired) electrons. The van der Waals surface area contributed by atoms with Gasteiger partial charge in [-0.05, 0) is 55.2 Å². The first-order valence-electron chi connectivity index (χ1n) is 9.92. The van der Waals surface area contributed by atoms with Gasteiger partial charge in [0.15, 0.2) is 0 Å². The van der Waals surface area contributed by atoms with Crippen LogP contribution in [0.3, 0.4) is 0 Å². The summed E-state index contributed by atoms with van der Waals surface area (Å²) in [6.45, 7) is 0. The second-order valence-corrected chi connectivity index (χ2v) is 8.00. The van der Waals surface area contributed by atoms with E-state index in [0.29, 0.717) is 35.0 Å². The highest BCUT2D eigenvalue weighted by atomic mass is 16.2. The molecule has 2 fully saturated rings. The van der Waals surface area contributed by atoms with E-state index in [9.17, 15) is 9.59 Å². The molecular formula is C22H22N4O2. The van der Waals surface area contributed by atoms with Crippen molar-refractivity contribution in [3.8, 4) is 11.4 Å². The number of fused-ring (bicyclic) bond motifs is 3. The van der Waals surface area contributed by atoms with Crippen LogP contribution in [0.25, 0.3) is 22.2 Å². The van der Waals surface area contributed by atoms with Crippen LogP contribution in [0.5, 0.6) is 0 Å². The minimum absolute atomic E-state index is 0.144. The lowest BCUT2D eigenvalue weighted by molar-refractivity contribution is -0.118. The first kappa shape index (κ1) is 17.1. The van der Waals surface area contributed by atoms with Gasteiger partial charge < -0.3 is 0 Å². The third kappa shape index (κ3) is 2.99. The summed E-state index contributed by atoms with van der Waals surface area (Å²) in [6.07, 6.45) is 7.09. The summed E-state index contributed by atoms with van der Waals surface area (Å²) in [5.74, 6) is 1.75. The van der Waals surface area contributed by atoms with Crippen molar-refractivity contribution in [2.24, 2.45) is 17.8 Å². The predicted molar refractivity (Wildman–Crippen MR) is 107 cm³/mol. The number of carbonyl (C=O) groups is 1. The quantitative estimate of drug-likeness (QED) is 0.760. The number of pyridine rings is 1. The first-order valence-corrected chi connectivity index (χ1v) is 9.92. The highest BCUT2D eigenvalue weighted by molar-refractivity contribution is 5.93. The fraction of sp³-hybridized carbons (Fsp3) is 0.364. The number of nitrogens with zero attached hydrogens (tertiary/aromatic N) is 3. The van der Waals surface area contributed by atoms with Crippen LogP contribution in [0.15, 0.2) is 53.5 Å². The van der Waals surface area contributed by atoms with E-state index in [1.807, 2.05) is 36.4 Å². The average Bonchev–Trinajstić information content (AvgIpc) is 3.34. The van der Waals surface area contributed by atoms with Crippen LogP contribution in [-0.4, -0.2) is 20.8 Å². The molecule has 2 aliphatic rings. The Hall–Kier alpha value is -3.02. The molecule has 0 unspecified atom stereocenters. The summed E-state index contributed by atoms with van der Waals surface area (Å²) in [5.41, 5.74) is 3.64. The molecule has 0 saturated heterocycles. The zero-order valence-corrected chi connectivity index (χ0v) is 15.5. The number of benzene rings is 1. The van der Waals surface area contributed by atoms with Gasteiger partial charge >= 0.3 is 0 Å². The Bertz CT molecular complexity index is 1090. The summed E-state index contributed by atoms with van der Waals surface area (Å²) < 4.78 is 0. The molecule has 3 atom stereocenters. The molecule has 2 aliphatic carbocycles. The lowest BCUT2D eigenvalue weighted by atomic mass is 9.86. The predicted octanol–water partition coefficient (Wildman–Crippen LogP) is 3.35. The Labute approximate surface area is 162 Å². The van der Waals surface area contributed by atoms with Crippen LogP contribution in [0.4, 0.5) is 0 Å². The molecule has 2 saturated carbocycles. The number of nitrogens with one attached hydrogen (secondary N) is 1. The van der Waals surface area contributed by atoms with E-state index >= 15 is 0 Å². The van der Waals surface area contributed by atoms with E-state index in [1.54, 1.807) is 12.3 Å². The van der Waals surface area contributed by atoms with Gasteiger partial charge in [0.1, 0.15) is 5.69 Å². The minimum atomic E-state index is -0.323. The van der Waals surface area contributed by atoms with Gasteiger partial charge in [-0.15, -0.1) is 9.89 Å². The van der Waals surface area contributed by atoms with Gasteiger partial charge in [-0.3, -0.25) is 14.6 Å². The SMILES string of the molecule is O=C(C[C@H]1C[C@@H]2CC[C@H]1C2)Nn1nc(-c2ccccn2)c2ccccc2c1=O. The van der Waals surface area contributed by atoms with Gasteiger partial charge in [0, 0.05) is 18.0 Å². The molecule has 2 bridgehead atoms. The van der Waals surface area contributed by atoms with Crippen molar-refractivity contribution in [2.45, 2.75) is 32.1 Å². The van der Waals surface area contributed by atoms with Crippen LogP contribution in [0.1, 0.15) is 32.1 Å². The lowest BCUT2D eigenvalue weighted by Gasteiger charge is -2.21. The Morgan fingerprint density at radius 1 is 1.07 bits per heavy atom. The summed E-state index contributed by atoms with van der Waals surface area (Å²) in [6, 6.07) is 12.8. The fourth-order valence-electron chi connectivity index (χ4n) is 4.99. The summed E-state index contributed by atoms with van der Waals surface area (Å²) in [4.78, 5) is 31.0. The first-order chi connectivity index (χ1) is 13.7. The van der Waals surface area contributed by atoms with Crippen molar-refractivity contribution in [1.82, 2.24) is 14.9 Å². The number of carbonyl (C=O) groups excluding carboxylic acids is 1. The third-order valence-corrected chi connectivity index (χ3v) is 6.28. The van der Waals surface area contributed by atoms with Crippen LogP contribution in [0, 0.1) is 17.8 Å². The smallest absolute Gasteiger partial charge is 0.273 e. The van der Waals surface area contributed by atoms with Crippen molar-refractivity contribution in [1.29, 1.82) is 0 Å². The van der Waals surface area contributed by atoms with Crippen LogP contribution < -0.4 is 11.0 Å². The number of rotatable bonds is 4. The molecule has 2 heterocycles. The average molecular weight is 374 g/mol. The summed E-state index contributed by atoms with van der Waals surface area (Å²) in [5, 5.41) is 5.68. The van der Waals surface area contributed by atoms with Gasteiger partial charge in [0.25, 0.3) is 5.56 Å². The number of amides is 1. The van der Waals surface area contributed by atoms with E-state index in [-0.39, 0.29) is 11.5 Å². The van der Waals surface area contributed by atoms with Gasteiger partial charge in [-0.2, -0.15) is 0 Å². The third-order valence-electron chi connectivity index (χ3n) is 6.28. The molecule has 6 nitrogen and oxygen atoms in total. The van der Waals surface area contributed by atoms with Gasteiger partial charge in [-0.25, -0.2) is 5.43 Å². The number of aromatic nitrogens is 3. The zero-order chi connectivity index (χ0) is 19.1. The van der Waals surface area contributed by atoms with Crippen molar-refractivity contribution in [3.63, 3.8) is 0 Å². The lowest BCUT2D eigenvalue weighted by Crippen LogP contribution is -2.36. The summed E-state index contributed by atoms with van der Waals surface area (Å²) in [7, 11) is 0. The van der Waals surface area contributed by atoms with E-state index in [2.05, 4.69) is 15.5 Å². The largest absolute Gasteiger partial charge is 0.294 e. The molecule has 28 heavy (non-hydrogen) atoms. The molecule has 0 aliphatic heterocycles. The molecule has 1 amide bonds. The fourth-order valence-corrected chi connectivity index (χ4v) is 4.99. The number of hydrogen-bond acceptors (Lipinski definition) is 4. The molecule has 1 N–H and O–H groups in total. The molecule has 6 heteroatoms. The topological polar surface area (TPSA) is 76.9 Å². The van der Waals surface area contributed by atoms with E-state index < -0.39 is 0 Å². The summed E-state index contributed by atoms with van der Waals surface area (Å²) >= 11 is 0. The van der Waals surface area contributed by atoms with Crippen molar-refractivity contribution in [3.05, 3.63) is 59.0 Å². The minimum Gasteiger partial charge on any atom is -0.273 e. The van der Waals surface area contributed by atoms with E-state index in [0.717, 1.165) is 22.5 Å². The van der Waals surface area contributed by atoms with Crippen LogP contribution in [-0.2, 0) is 4.79 Å². The molecule has 5 rings (SSSR count). The van der Waals surface area contributed by atoms with Crippen molar-refractivity contribution >= 4 is 16.7 Å². The second-order valence-electron chi connectivity index (χ2n) is 8.00. The van der Waals surface area contributed by atoms with Gasteiger partial charge in [-0.1, -0.05) is 30.7 Å². The molecule has 142 valence electrons. The zero-order valence-electron chi connectivity index (χ0n) is 15.5. The van der Waals surface area contributed by atoms with Gasteiger partial charge in [0.2, 0.25) is 5.91 Å². The number of hydrogen-bond donors (Lipinski definition) is 1. The maximum atomic E-state index is 12.9. The Morgan fingerprint density at radius 2 is 1.89 bits per heavy atom. The van der Waals surface area contributed by atoms with Gasteiger partial charge in [0.05, 0.1) is 11.1 Å². The standard InChI is InChI=1S/C22H22N4O2/c27-20(13-16-12-14-8-9-15(16)11-14)24-26-22(28)18-6-2-1-5-17(18)21(25-26)19-7-3-4-10-23-19/h1-7,10,14-16H,8-9,11-13H2,(H,24,27)/t14-,15+,16-/m1/s1. The van der Waals surface area contributed by atoms with E-state index in [4.69, 9.17) is 0 Å². The highest BCUT2D eigenvalue weighted by Crippen LogP contribution is 2.49. The highest BCUT2D eigenvalue weighted by Gasteiger charge is 2.40. The maximum absolute atomic E-state index is 12.9. The Balaban J connectivity index is 1.48. The molecule has 0 spiro atoms. The molecule has 2 aromatic heterocycles. The Morgan fingerprint density at radius 3 is 2.61 bits per heavy atom. The molecule has 1 aromatic carbocycles. The van der Waals surface area contributed by atoms with Crippen molar-refractivity contribution in [2.75, 3.05) is 5.43 Å². The monoisotopic (exact) mass is 374 g/mol. The van der Waals surface area contributed by atoms with E-state index in [1.165, 1.54) is 19.3 Å². The van der Waals surface area contributed by atoms with Crippen LogP contribution in [0.2, 0.25) is 0 Å². The normalized spacial score (nSPS) is 23.2. The molecular weight excluding hydrogens is 352 g/mol. The van der Waals surface area contributed by atoms with Crippen molar-refractivity contribution < 1.29 is 4.79 Å².